The lowest BCUT2D eigenvalue weighted by Gasteiger charge is -2.34. The molecule has 0 radical (unpaired) electrons. The quantitative estimate of drug-likeness (QED) is 0.808. The number of hydrogen-bond donors (Lipinski definition) is 0. The van der Waals surface area contributed by atoms with Crippen LogP contribution in [0.3, 0.4) is 0 Å². The maximum absolute atomic E-state index is 6.09. The number of imidazole rings is 1. The predicted molar refractivity (Wildman–Crippen MR) is 77.0 cm³/mol. The summed E-state index contributed by atoms with van der Waals surface area (Å²) in [4.78, 5) is 10.6. The molecule has 0 saturated carbocycles. The zero-order chi connectivity index (χ0) is 12.5. The van der Waals surface area contributed by atoms with Crippen molar-refractivity contribution in [1.29, 1.82) is 0 Å². The highest BCUT2D eigenvalue weighted by molar-refractivity contribution is 7.15. The molecule has 6 heteroatoms. The van der Waals surface area contributed by atoms with Crippen molar-refractivity contribution in [1.82, 2.24) is 14.3 Å². The Balaban J connectivity index is 1.87. The summed E-state index contributed by atoms with van der Waals surface area (Å²) < 4.78 is 2.11. The number of piperazine rings is 1. The Morgan fingerprint density at radius 1 is 1.33 bits per heavy atom. The molecule has 1 aliphatic rings. The molecule has 4 nitrogen and oxygen atoms in total. The molecule has 3 heterocycles. The number of halogens is 1. The van der Waals surface area contributed by atoms with E-state index in [-0.39, 0.29) is 0 Å². The first-order chi connectivity index (χ1) is 8.83. The van der Waals surface area contributed by atoms with Gasteiger partial charge in [0.25, 0.3) is 0 Å². The average Bonchev–Trinajstić information content (AvgIpc) is 2.98. The van der Waals surface area contributed by atoms with E-state index >= 15 is 0 Å². The fraction of sp³-hybridized carbons (Fsp3) is 0.583. The van der Waals surface area contributed by atoms with Crippen molar-refractivity contribution in [3.05, 3.63) is 17.3 Å². The van der Waals surface area contributed by atoms with E-state index in [0.29, 0.717) is 5.88 Å². The number of thiazole rings is 1. The predicted octanol–water partition coefficient (Wildman–Crippen LogP) is 2.28. The van der Waals surface area contributed by atoms with Crippen molar-refractivity contribution in [2.24, 2.45) is 0 Å². The van der Waals surface area contributed by atoms with Crippen LogP contribution in [-0.2, 0) is 5.88 Å². The lowest BCUT2D eigenvalue weighted by molar-refractivity contribution is 0.270. The molecule has 0 atom stereocenters. The molecule has 0 aromatic carbocycles. The second-order valence-electron chi connectivity index (χ2n) is 4.49. The smallest absolute Gasteiger partial charge is 0.195 e. The summed E-state index contributed by atoms with van der Waals surface area (Å²) in [6.07, 6.45) is 2.05. The average molecular weight is 285 g/mol. The zero-order valence-corrected chi connectivity index (χ0v) is 12.0. The van der Waals surface area contributed by atoms with Crippen LogP contribution in [0.2, 0.25) is 0 Å². The summed E-state index contributed by atoms with van der Waals surface area (Å²) in [6, 6.07) is 0. The number of fused-ring (bicyclic) bond motifs is 1. The van der Waals surface area contributed by atoms with E-state index in [4.69, 9.17) is 16.6 Å². The number of likely N-dealkylation sites (N-methyl/N-ethyl adjacent to an activating group) is 1. The zero-order valence-electron chi connectivity index (χ0n) is 10.5. The maximum Gasteiger partial charge on any atom is 0.195 e. The molecule has 2 aromatic rings. The van der Waals surface area contributed by atoms with Gasteiger partial charge in [-0.15, -0.1) is 22.9 Å². The molecule has 0 bridgehead atoms. The second-order valence-corrected chi connectivity index (χ2v) is 5.63. The van der Waals surface area contributed by atoms with Gasteiger partial charge in [-0.2, -0.15) is 0 Å². The minimum absolute atomic E-state index is 0.515. The summed E-state index contributed by atoms with van der Waals surface area (Å²) in [5, 5.41) is 2.05. The van der Waals surface area contributed by atoms with Crippen molar-refractivity contribution in [2.45, 2.75) is 12.8 Å². The lowest BCUT2D eigenvalue weighted by atomic mass is 10.3. The normalized spacial score (nSPS) is 17.8. The van der Waals surface area contributed by atoms with E-state index in [1.165, 1.54) is 0 Å². The first-order valence-corrected chi connectivity index (χ1v) is 7.72. The highest BCUT2D eigenvalue weighted by atomic mass is 35.5. The van der Waals surface area contributed by atoms with Gasteiger partial charge in [0.2, 0.25) is 0 Å². The topological polar surface area (TPSA) is 23.8 Å². The second kappa shape index (κ2) is 5.07. The molecule has 0 unspecified atom stereocenters. The number of rotatable bonds is 3. The van der Waals surface area contributed by atoms with Gasteiger partial charge >= 0.3 is 0 Å². The number of aromatic nitrogens is 2. The monoisotopic (exact) mass is 284 g/mol. The fourth-order valence-corrected chi connectivity index (χ4v) is 3.45. The molecule has 1 saturated heterocycles. The molecule has 0 amide bonds. The molecule has 1 aliphatic heterocycles. The number of anilines is 1. The number of hydrogen-bond acceptors (Lipinski definition) is 4. The molecule has 2 aromatic heterocycles. The van der Waals surface area contributed by atoms with E-state index < -0.39 is 0 Å². The van der Waals surface area contributed by atoms with Crippen molar-refractivity contribution >= 4 is 33.7 Å². The van der Waals surface area contributed by atoms with Gasteiger partial charge in [0.15, 0.2) is 10.8 Å². The maximum atomic E-state index is 6.09. The van der Waals surface area contributed by atoms with E-state index in [9.17, 15) is 0 Å². The van der Waals surface area contributed by atoms with Crippen LogP contribution >= 0.6 is 22.9 Å². The highest BCUT2D eigenvalue weighted by Gasteiger charge is 2.22. The third kappa shape index (κ3) is 2.00. The van der Waals surface area contributed by atoms with E-state index in [1.54, 1.807) is 11.3 Å². The van der Waals surface area contributed by atoms with Gasteiger partial charge in [0, 0.05) is 37.8 Å². The third-order valence-electron chi connectivity index (χ3n) is 3.59. The van der Waals surface area contributed by atoms with Gasteiger partial charge in [-0.25, -0.2) is 4.98 Å². The van der Waals surface area contributed by atoms with Gasteiger partial charge in [0.1, 0.15) is 0 Å². The van der Waals surface area contributed by atoms with Crippen LogP contribution in [0.1, 0.15) is 12.6 Å². The minimum atomic E-state index is 0.515. The van der Waals surface area contributed by atoms with Crippen LogP contribution in [-0.4, -0.2) is 47.0 Å². The van der Waals surface area contributed by atoms with Crippen LogP contribution in [0.5, 0.6) is 0 Å². The summed E-state index contributed by atoms with van der Waals surface area (Å²) in [6.45, 7) is 7.67. The Bertz CT molecular complexity index is 527. The standard InChI is InChI=1S/C12H17ClN4S/c1-2-15-3-5-16(6-4-15)11-10(9-13)17-7-8-18-12(17)14-11/h7-8H,2-6,9H2,1H3. The number of alkyl halides is 1. The summed E-state index contributed by atoms with van der Waals surface area (Å²) in [5.74, 6) is 1.59. The summed E-state index contributed by atoms with van der Waals surface area (Å²) in [5.41, 5.74) is 1.12. The van der Waals surface area contributed by atoms with Gasteiger partial charge in [0.05, 0.1) is 11.6 Å². The lowest BCUT2D eigenvalue weighted by Crippen LogP contribution is -2.46. The van der Waals surface area contributed by atoms with Crippen LogP contribution in [0.15, 0.2) is 11.6 Å². The molecular formula is C12H17ClN4S. The van der Waals surface area contributed by atoms with Crippen molar-refractivity contribution in [2.75, 3.05) is 37.6 Å². The Labute approximate surface area is 116 Å². The van der Waals surface area contributed by atoms with E-state index in [2.05, 4.69) is 32.7 Å². The highest BCUT2D eigenvalue weighted by Crippen LogP contribution is 2.26. The van der Waals surface area contributed by atoms with Crippen LogP contribution in [0, 0.1) is 0 Å². The van der Waals surface area contributed by atoms with Gasteiger partial charge < -0.3 is 9.80 Å². The first-order valence-electron chi connectivity index (χ1n) is 6.31. The van der Waals surface area contributed by atoms with Crippen LogP contribution in [0.4, 0.5) is 5.82 Å². The largest absolute Gasteiger partial charge is 0.352 e. The molecule has 1 fully saturated rings. The Hall–Kier alpha value is -0.780. The molecule has 98 valence electrons. The first kappa shape index (κ1) is 12.3. The van der Waals surface area contributed by atoms with Gasteiger partial charge in [-0.3, -0.25) is 4.40 Å². The molecule has 3 rings (SSSR count). The minimum Gasteiger partial charge on any atom is -0.352 e. The van der Waals surface area contributed by atoms with Crippen molar-refractivity contribution in [3.8, 4) is 0 Å². The molecular weight excluding hydrogens is 268 g/mol. The van der Waals surface area contributed by atoms with Crippen LogP contribution in [0.25, 0.3) is 4.96 Å². The molecule has 0 N–H and O–H groups in total. The molecule has 18 heavy (non-hydrogen) atoms. The summed E-state index contributed by atoms with van der Waals surface area (Å²) >= 11 is 7.75. The summed E-state index contributed by atoms with van der Waals surface area (Å²) in [7, 11) is 0. The van der Waals surface area contributed by atoms with Crippen molar-refractivity contribution < 1.29 is 0 Å². The van der Waals surface area contributed by atoms with Gasteiger partial charge in [-0.1, -0.05) is 6.92 Å². The Morgan fingerprint density at radius 2 is 2.11 bits per heavy atom. The SMILES string of the molecule is CCN1CCN(c2nc3sccn3c2CCl)CC1. The number of nitrogens with zero attached hydrogens (tertiary/aromatic N) is 4. The Kier molecular flexibility index (Phi) is 3.46. The fourth-order valence-electron chi connectivity index (χ4n) is 2.47. The van der Waals surface area contributed by atoms with Crippen molar-refractivity contribution in [3.63, 3.8) is 0 Å². The van der Waals surface area contributed by atoms with Gasteiger partial charge in [-0.05, 0) is 6.54 Å². The molecule has 0 spiro atoms. The third-order valence-corrected chi connectivity index (χ3v) is 4.60. The van der Waals surface area contributed by atoms with E-state index in [0.717, 1.165) is 49.2 Å². The van der Waals surface area contributed by atoms with Crippen LogP contribution < -0.4 is 4.90 Å². The molecule has 0 aliphatic carbocycles. The Morgan fingerprint density at radius 3 is 2.78 bits per heavy atom. The van der Waals surface area contributed by atoms with E-state index in [1.807, 2.05) is 0 Å².